The summed E-state index contributed by atoms with van der Waals surface area (Å²) >= 11 is 0. The summed E-state index contributed by atoms with van der Waals surface area (Å²) < 4.78 is 7.11. The third kappa shape index (κ3) is 4.63. The Morgan fingerprint density at radius 2 is 1.28 bits per heavy atom. The van der Waals surface area contributed by atoms with E-state index in [0.29, 0.717) is 0 Å². The molecule has 3 heteroatoms. The summed E-state index contributed by atoms with van der Waals surface area (Å²) in [4.78, 5) is 0. The molecule has 152 valence electrons. The predicted molar refractivity (Wildman–Crippen MR) is 128 cm³/mol. The summed E-state index contributed by atoms with van der Waals surface area (Å²) in [6.45, 7) is 13.2. The lowest BCUT2D eigenvalue weighted by Crippen LogP contribution is -2.47. The highest BCUT2D eigenvalue weighted by molar-refractivity contribution is 6.80. The van der Waals surface area contributed by atoms with Crippen LogP contribution < -0.4 is 16.1 Å². The van der Waals surface area contributed by atoms with E-state index in [0.717, 1.165) is 16.8 Å². The van der Waals surface area contributed by atoms with Gasteiger partial charge >= 0.3 is 0 Å². The molecule has 0 aromatic heterocycles. The van der Waals surface area contributed by atoms with Gasteiger partial charge in [-0.25, -0.2) is 0 Å². The van der Waals surface area contributed by atoms with Gasteiger partial charge in [0, 0.05) is 5.69 Å². The number of aryl methyl sites for hydroxylation is 2. The van der Waals surface area contributed by atoms with Crippen molar-refractivity contribution in [2.75, 3.05) is 5.73 Å². The lowest BCUT2D eigenvalue weighted by Gasteiger charge is -2.37. The molecular weight excluding hydrogens is 370 g/mol. The largest absolute Gasteiger partial charge is 0.403 e. The van der Waals surface area contributed by atoms with Gasteiger partial charge in [0.2, 0.25) is 9.04 Å². The van der Waals surface area contributed by atoms with Crippen molar-refractivity contribution in [3.05, 3.63) is 89.0 Å². The summed E-state index contributed by atoms with van der Waals surface area (Å²) in [5.41, 5.74) is 12.0. The van der Waals surface area contributed by atoms with Gasteiger partial charge in [0.05, 0.1) is 6.10 Å². The molecule has 0 saturated carbocycles. The average molecular weight is 404 g/mol. The fraction of sp³-hybridized carbons (Fsp3) is 0.308. The van der Waals surface area contributed by atoms with Crippen LogP contribution in [-0.2, 0) is 4.43 Å². The van der Waals surface area contributed by atoms with Crippen molar-refractivity contribution in [2.24, 2.45) is 5.41 Å². The topological polar surface area (TPSA) is 35.2 Å². The number of rotatable bonds is 5. The zero-order valence-electron chi connectivity index (χ0n) is 18.5. The second kappa shape index (κ2) is 8.56. The second-order valence-corrected chi connectivity index (χ2v) is 11.4. The normalized spacial score (nSPS) is 12.9. The number of hydrogen-bond donors (Lipinski definition) is 1. The molecule has 0 spiro atoms. The Kier molecular flexibility index (Phi) is 6.30. The van der Waals surface area contributed by atoms with Crippen LogP contribution in [0.5, 0.6) is 0 Å². The quantitative estimate of drug-likeness (QED) is 0.489. The van der Waals surface area contributed by atoms with Gasteiger partial charge in [-0.3, -0.25) is 0 Å². The van der Waals surface area contributed by atoms with E-state index in [1.807, 2.05) is 0 Å². The molecule has 0 amide bonds. The first-order chi connectivity index (χ1) is 13.7. The molecule has 2 N–H and O–H groups in total. The van der Waals surface area contributed by atoms with Crippen LogP contribution in [-0.4, -0.2) is 9.04 Å². The molecule has 0 radical (unpaired) electrons. The van der Waals surface area contributed by atoms with Crippen LogP contribution in [0.25, 0.3) is 0 Å². The molecule has 0 bridgehead atoms. The Labute approximate surface area is 177 Å². The lowest BCUT2D eigenvalue weighted by atomic mass is 9.80. The minimum Gasteiger partial charge on any atom is -0.403 e. The third-order valence-corrected chi connectivity index (χ3v) is 8.14. The standard InChI is InChI=1S/C26H33NOSi/c1-18-17-19(2)24(27)20(3)23(18)25(26(4,5)6)28-29(21-13-9-7-10-14-21)22-15-11-8-12-16-22/h7-17,25,29H,27H2,1-6H3. The maximum atomic E-state index is 7.11. The average Bonchev–Trinajstić information content (AvgIpc) is 2.69. The van der Waals surface area contributed by atoms with Crippen LogP contribution >= 0.6 is 0 Å². The van der Waals surface area contributed by atoms with Crippen molar-refractivity contribution in [3.8, 4) is 0 Å². The van der Waals surface area contributed by atoms with Gasteiger partial charge in [0.25, 0.3) is 0 Å². The molecular formula is C26H33NOSi. The van der Waals surface area contributed by atoms with Gasteiger partial charge in [-0.15, -0.1) is 0 Å². The number of nitrogens with two attached hydrogens (primary N) is 1. The molecule has 2 nitrogen and oxygen atoms in total. The van der Waals surface area contributed by atoms with Gasteiger partial charge in [0.15, 0.2) is 0 Å². The Morgan fingerprint density at radius 1 is 0.793 bits per heavy atom. The first-order valence-electron chi connectivity index (χ1n) is 10.3. The van der Waals surface area contributed by atoms with Crippen LogP contribution in [0.15, 0.2) is 66.7 Å². The highest BCUT2D eigenvalue weighted by Crippen LogP contribution is 2.41. The van der Waals surface area contributed by atoms with Crippen LogP contribution in [0.2, 0.25) is 0 Å². The molecule has 1 atom stereocenters. The number of hydrogen-bond acceptors (Lipinski definition) is 2. The summed E-state index contributed by atoms with van der Waals surface area (Å²) in [5.74, 6) is 0. The monoisotopic (exact) mass is 403 g/mol. The van der Waals surface area contributed by atoms with Crippen molar-refractivity contribution < 1.29 is 4.43 Å². The van der Waals surface area contributed by atoms with Crippen LogP contribution in [0.4, 0.5) is 5.69 Å². The van der Waals surface area contributed by atoms with E-state index in [1.54, 1.807) is 0 Å². The first-order valence-corrected chi connectivity index (χ1v) is 11.9. The van der Waals surface area contributed by atoms with Gasteiger partial charge in [-0.2, -0.15) is 0 Å². The molecule has 0 aliphatic rings. The van der Waals surface area contributed by atoms with E-state index >= 15 is 0 Å². The molecule has 3 aromatic rings. The van der Waals surface area contributed by atoms with Crippen LogP contribution in [0.1, 0.15) is 49.1 Å². The Balaban J connectivity index is 2.14. The number of nitrogen functional groups attached to an aromatic ring is 1. The van der Waals surface area contributed by atoms with Crippen molar-refractivity contribution >= 4 is 25.1 Å². The molecule has 0 aliphatic carbocycles. The lowest BCUT2D eigenvalue weighted by molar-refractivity contribution is 0.0886. The van der Waals surface area contributed by atoms with E-state index < -0.39 is 9.04 Å². The van der Waals surface area contributed by atoms with E-state index in [9.17, 15) is 0 Å². The smallest absolute Gasteiger partial charge is 0.240 e. The summed E-state index contributed by atoms with van der Waals surface area (Å²) in [7, 11) is -1.89. The van der Waals surface area contributed by atoms with Crippen LogP contribution in [0, 0.1) is 26.2 Å². The first kappa shape index (κ1) is 21.3. The SMILES string of the molecule is Cc1cc(C)c(C(O[SiH](c2ccccc2)c2ccccc2)C(C)(C)C)c(C)c1N. The summed E-state index contributed by atoms with van der Waals surface area (Å²) in [6.07, 6.45) is -0.0394. The Bertz CT molecular complexity index is 922. The van der Waals surface area contributed by atoms with Gasteiger partial charge < -0.3 is 10.2 Å². The molecule has 3 aromatic carbocycles. The van der Waals surface area contributed by atoms with E-state index in [4.69, 9.17) is 10.2 Å². The van der Waals surface area contributed by atoms with Crippen LogP contribution in [0.3, 0.4) is 0 Å². The maximum Gasteiger partial charge on any atom is 0.240 e. The summed E-state index contributed by atoms with van der Waals surface area (Å²) in [5, 5.41) is 2.59. The van der Waals surface area contributed by atoms with Crippen molar-refractivity contribution in [2.45, 2.75) is 47.6 Å². The fourth-order valence-electron chi connectivity index (χ4n) is 4.07. The number of anilines is 1. The Morgan fingerprint density at radius 3 is 1.72 bits per heavy atom. The molecule has 3 rings (SSSR count). The minimum absolute atomic E-state index is 0.0394. The highest BCUT2D eigenvalue weighted by atomic mass is 28.3. The zero-order valence-corrected chi connectivity index (χ0v) is 19.6. The van der Waals surface area contributed by atoms with E-state index in [-0.39, 0.29) is 11.5 Å². The minimum atomic E-state index is -1.89. The Hall–Kier alpha value is -2.36. The van der Waals surface area contributed by atoms with Crippen molar-refractivity contribution in [1.29, 1.82) is 0 Å². The zero-order chi connectivity index (χ0) is 21.2. The van der Waals surface area contributed by atoms with Gasteiger partial charge in [-0.1, -0.05) is 87.5 Å². The highest BCUT2D eigenvalue weighted by Gasteiger charge is 2.34. The van der Waals surface area contributed by atoms with Gasteiger partial charge in [-0.05, 0) is 58.8 Å². The predicted octanol–water partition coefficient (Wildman–Crippen LogP) is 4.84. The fourth-order valence-corrected chi connectivity index (χ4v) is 6.73. The molecule has 0 heterocycles. The maximum absolute atomic E-state index is 7.11. The van der Waals surface area contributed by atoms with E-state index in [2.05, 4.69) is 108 Å². The second-order valence-electron chi connectivity index (χ2n) is 9.05. The molecule has 0 saturated heterocycles. The molecule has 0 aliphatic heterocycles. The molecule has 29 heavy (non-hydrogen) atoms. The van der Waals surface area contributed by atoms with Gasteiger partial charge in [0.1, 0.15) is 0 Å². The molecule has 1 unspecified atom stereocenters. The van der Waals surface area contributed by atoms with E-state index in [1.165, 1.54) is 21.5 Å². The third-order valence-electron chi connectivity index (χ3n) is 5.62. The van der Waals surface area contributed by atoms with Crippen molar-refractivity contribution in [3.63, 3.8) is 0 Å². The number of benzene rings is 3. The van der Waals surface area contributed by atoms with Crippen molar-refractivity contribution in [1.82, 2.24) is 0 Å². The summed E-state index contributed by atoms with van der Waals surface area (Å²) in [6, 6.07) is 23.6. The molecule has 0 fully saturated rings.